The van der Waals surface area contributed by atoms with Gasteiger partial charge in [-0.05, 0) is 41.8 Å². The van der Waals surface area contributed by atoms with Gasteiger partial charge >= 0.3 is 0 Å². The van der Waals surface area contributed by atoms with Gasteiger partial charge in [0, 0.05) is 18.7 Å². The van der Waals surface area contributed by atoms with E-state index in [0.29, 0.717) is 35.7 Å². The van der Waals surface area contributed by atoms with Gasteiger partial charge in [0.25, 0.3) is 5.56 Å². The maximum Gasteiger partial charge on any atom is 0.294 e. The number of aromatic nitrogens is 4. The SMILES string of the molecule is N#Cc1cccc(-c2cnc(NCCc3ccccc3)c(=O)n2CC(=O)NCc2ccc3nc(N)[nH]c3c2)c1. The number of carbonyl (C=O) groups excluding carboxylic acids is 1. The Labute approximate surface area is 224 Å². The highest BCUT2D eigenvalue weighted by Gasteiger charge is 2.16. The van der Waals surface area contributed by atoms with Crippen molar-refractivity contribution >= 4 is 28.7 Å². The molecule has 0 spiro atoms. The first-order valence-corrected chi connectivity index (χ1v) is 12.4. The monoisotopic (exact) mass is 518 g/mol. The fourth-order valence-electron chi connectivity index (χ4n) is 4.30. The van der Waals surface area contributed by atoms with Crippen LogP contribution in [0.1, 0.15) is 16.7 Å². The number of hydrogen-bond donors (Lipinski definition) is 4. The molecule has 0 bridgehead atoms. The summed E-state index contributed by atoms with van der Waals surface area (Å²) < 4.78 is 1.38. The zero-order chi connectivity index (χ0) is 27.2. The number of rotatable bonds is 9. The highest BCUT2D eigenvalue weighted by molar-refractivity contribution is 5.79. The van der Waals surface area contributed by atoms with Crippen LogP contribution in [0.2, 0.25) is 0 Å². The lowest BCUT2D eigenvalue weighted by Gasteiger charge is -2.15. The number of H-pyrrole nitrogens is 1. The molecule has 5 N–H and O–H groups in total. The second-order valence-electron chi connectivity index (χ2n) is 8.99. The molecule has 0 saturated carbocycles. The first kappa shape index (κ1) is 25.2. The van der Waals surface area contributed by atoms with Crippen molar-refractivity contribution in [2.24, 2.45) is 0 Å². The normalized spacial score (nSPS) is 10.7. The Kier molecular flexibility index (Phi) is 7.32. The maximum atomic E-state index is 13.5. The van der Waals surface area contributed by atoms with Gasteiger partial charge in [-0.3, -0.25) is 14.2 Å². The molecule has 0 aliphatic carbocycles. The fraction of sp³-hybridized carbons (Fsp3) is 0.138. The molecule has 194 valence electrons. The van der Waals surface area contributed by atoms with Crippen LogP contribution in [0, 0.1) is 11.3 Å². The van der Waals surface area contributed by atoms with E-state index < -0.39 is 5.56 Å². The highest BCUT2D eigenvalue weighted by Crippen LogP contribution is 2.20. The average Bonchev–Trinajstić information content (AvgIpc) is 3.33. The Morgan fingerprint density at radius 1 is 1.05 bits per heavy atom. The van der Waals surface area contributed by atoms with Crippen LogP contribution >= 0.6 is 0 Å². The van der Waals surface area contributed by atoms with E-state index in [2.05, 4.69) is 31.7 Å². The van der Waals surface area contributed by atoms with Crippen molar-refractivity contribution in [3.8, 4) is 17.3 Å². The van der Waals surface area contributed by atoms with Crippen LogP contribution in [-0.2, 0) is 24.3 Å². The van der Waals surface area contributed by atoms with Crippen molar-refractivity contribution in [1.82, 2.24) is 24.8 Å². The van der Waals surface area contributed by atoms with Crippen LogP contribution < -0.4 is 21.9 Å². The number of aromatic amines is 1. The molecular formula is C29H26N8O2. The van der Waals surface area contributed by atoms with Gasteiger partial charge in [-0.2, -0.15) is 5.26 Å². The Bertz CT molecular complexity index is 1730. The molecule has 0 saturated heterocycles. The van der Waals surface area contributed by atoms with Gasteiger partial charge in [0.1, 0.15) is 6.54 Å². The van der Waals surface area contributed by atoms with Gasteiger partial charge in [-0.25, -0.2) is 9.97 Å². The third kappa shape index (κ3) is 5.94. The van der Waals surface area contributed by atoms with Crippen molar-refractivity contribution in [2.75, 3.05) is 17.6 Å². The van der Waals surface area contributed by atoms with E-state index in [4.69, 9.17) is 5.73 Å². The van der Waals surface area contributed by atoms with Crippen molar-refractivity contribution in [3.05, 3.63) is 106 Å². The van der Waals surface area contributed by atoms with Crippen LogP contribution in [0.4, 0.5) is 11.8 Å². The van der Waals surface area contributed by atoms with Crippen molar-refractivity contribution < 1.29 is 4.79 Å². The minimum atomic E-state index is -0.424. The number of amides is 1. The summed E-state index contributed by atoms with van der Waals surface area (Å²) in [7, 11) is 0. The summed E-state index contributed by atoms with van der Waals surface area (Å²) in [5, 5.41) is 15.3. The fourth-order valence-corrected chi connectivity index (χ4v) is 4.30. The summed E-state index contributed by atoms with van der Waals surface area (Å²) in [5.41, 5.74) is 10.3. The van der Waals surface area contributed by atoms with Gasteiger partial charge in [0.05, 0.1) is 34.6 Å². The molecule has 0 fully saturated rings. The molecule has 0 unspecified atom stereocenters. The van der Waals surface area contributed by atoms with E-state index in [0.717, 1.165) is 22.2 Å². The third-order valence-electron chi connectivity index (χ3n) is 6.25. The number of fused-ring (bicyclic) bond motifs is 1. The van der Waals surface area contributed by atoms with Gasteiger partial charge in [0.15, 0.2) is 11.8 Å². The molecule has 39 heavy (non-hydrogen) atoms. The second kappa shape index (κ2) is 11.3. The molecule has 0 radical (unpaired) electrons. The molecule has 10 nitrogen and oxygen atoms in total. The number of nitrogen functional groups attached to an aromatic ring is 1. The smallest absolute Gasteiger partial charge is 0.294 e. The first-order chi connectivity index (χ1) is 19.0. The zero-order valence-electron chi connectivity index (χ0n) is 21.0. The van der Waals surface area contributed by atoms with Gasteiger partial charge in [-0.1, -0.05) is 48.5 Å². The molecular weight excluding hydrogens is 492 g/mol. The number of nitrogens with two attached hydrogens (primary N) is 1. The quantitative estimate of drug-likeness (QED) is 0.234. The highest BCUT2D eigenvalue weighted by atomic mass is 16.2. The number of nitriles is 1. The van der Waals surface area contributed by atoms with Crippen LogP contribution in [-0.4, -0.2) is 32.0 Å². The van der Waals surface area contributed by atoms with E-state index in [1.54, 1.807) is 30.5 Å². The maximum absolute atomic E-state index is 13.5. The van der Waals surface area contributed by atoms with E-state index in [1.807, 2.05) is 48.5 Å². The summed E-state index contributed by atoms with van der Waals surface area (Å²) in [6.07, 6.45) is 2.26. The van der Waals surface area contributed by atoms with Gasteiger partial charge in [0.2, 0.25) is 5.91 Å². The Morgan fingerprint density at radius 3 is 2.72 bits per heavy atom. The molecule has 1 amide bonds. The minimum absolute atomic E-state index is 0.154. The number of benzene rings is 3. The van der Waals surface area contributed by atoms with E-state index in [9.17, 15) is 14.9 Å². The molecule has 5 rings (SSSR count). The average molecular weight is 519 g/mol. The van der Waals surface area contributed by atoms with Crippen LogP contribution in [0.15, 0.2) is 83.8 Å². The molecule has 2 heterocycles. The molecule has 2 aromatic heterocycles. The molecule has 0 atom stereocenters. The van der Waals surface area contributed by atoms with Crippen molar-refractivity contribution in [1.29, 1.82) is 5.26 Å². The largest absolute Gasteiger partial charge is 0.369 e. The molecule has 0 aliphatic rings. The predicted molar refractivity (Wildman–Crippen MR) is 150 cm³/mol. The summed E-state index contributed by atoms with van der Waals surface area (Å²) in [6.45, 7) is 0.539. The van der Waals surface area contributed by atoms with Crippen LogP contribution in [0.5, 0.6) is 0 Å². The number of anilines is 2. The lowest BCUT2D eigenvalue weighted by atomic mass is 10.1. The minimum Gasteiger partial charge on any atom is -0.369 e. The second-order valence-corrected chi connectivity index (χ2v) is 8.99. The van der Waals surface area contributed by atoms with E-state index in [-0.39, 0.29) is 24.8 Å². The topological polar surface area (TPSA) is 155 Å². The molecule has 10 heteroatoms. The van der Waals surface area contributed by atoms with E-state index in [1.165, 1.54) is 4.57 Å². The summed E-state index contributed by atoms with van der Waals surface area (Å²) >= 11 is 0. The van der Waals surface area contributed by atoms with Crippen molar-refractivity contribution in [2.45, 2.75) is 19.5 Å². The Morgan fingerprint density at radius 2 is 1.90 bits per heavy atom. The van der Waals surface area contributed by atoms with Crippen LogP contribution in [0.3, 0.4) is 0 Å². The Balaban J connectivity index is 1.37. The Hall–Kier alpha value is -5.43. The predicted octanol–water partition coefficient (Wildman–Crippen LogP) is 3.21. The van der Waals surface area contributed by atoms with Gasteiger partial charge < -0.3 is 21.4 Å². The standard InChI is InChI=1S/C29H26N8O2/c30-15-20-7-4-8-22(13-20)25-17-34-27(32-12-11-19-5-2-1-3-6-19)28(39)37(25)18-26(38)33-16-21-9-10-23-24(14-21)36-29(31)35-23/h1-10,13-14,17H,11-12,16,18H2,(H,32,34)(H,33,38)(H3,31,35,36). The summed E-state index contributed by atoms with van der Waals surface area (Å²) in [6, 6.07) is 24.4. The molecule has 5 aromatic rings. The lowest BCUT2D eigenvalue weighted by Crippen LogP contribution is -2.34. The summed E-state index contributed by atoms with van der Waals surface area (Å²) in [5.74, 6) is 0.131. The molecule has 0 aliphatic heterocycles. The number of imidazole rings is 1. The van der Waals surface area contributed by atoms with E-state index >= 15 is 0 Å². The van der Waals surface area contributed by atoms with Crippen LogP contribution in [0.25, 0.3) is 22.3 Å². The summed E-state index contributed by atoms with van der Waals surface area (Å²) in [4.78, 5) is 38.0. The first-order valence-electron chi connectivity index (χ1n) is 12.4. The third-order valence-corrected chi connectivity index (χ3v) is 6.25. The zero-order valence-corrected chi connectivity index (χ0v) is 21.0. The lowest BCUT2D eigenvalue weighted by molar-refractivity contribution is -0.121. The number of nitrogens with zero attached hydrogens (tertiary/aromatic N) is 4. The van der Waals surface area contributed by atoms with Gasteiger partial charge in [-0.15, -0.1) is 0 Å². The van der Waals surface area contributed by atoms with Crippen molar-refractivity contribution in [3.63, 3.8) is 0 Å². The number of carbonyl (C=O) groups is 1. The number of nitrogens with one attached hydrogen (secondary N) is 3. The number of hydrogen-bond acceptors (Lipinski definition) is 7. The molecule has 3 aromatic carbocycles.